The number of hydrogen-bond acceptors (Lipinski definition) is 3. The summed E-state index contributed by atoms with van der Waals surface area (Å²) in [6.07, 6.45) is 0. The molecule has 7 heteroatoms. The molecule has 5 nitrogen and oxygen atoms in total. The maximum absolute atomic E-state index is 13.2. The molecule has 0 aliphatic rings. The standard InChI is InChI=1S/C23H23BrN2O3S/c1-17-8-13-21(14-18(17)2)25-23(27)16-26(15-19-9-11-20(24)12-10-19)30(28,29)22-6-4-3-5-7-22/h3-14H,15-16H2,1-2H3,(H,25,27). The predicted octanol–water partition coefficient (Wildman–Crippen LogP) is 4.90. The van der Waals surface area contributed by atoms with E-state index in [4.69, 9.17) is 0 Å². The van der Waals surface area contributed by atoms with E-state index in [0.717, 1.165) is 21.2 Å². The second kappa shape index (κ2) is 9.55. The number of anilines is 1. The highest BCUT2D eigenvalue weighted by atomic mass is 79.9. The number of sulfonamides is 1. The van der Waals surface area contributed by atoms with Crippen LogP contribution in [-0.4, -0.2) is 25.2 Å². The Morgan fingerprint density at radius 1 is 0.933 bits per heavy atom. The van der Waals surface area contributed by atoms with Crippen molar-refractivity contribution in [2.75, 3.05) is 11.9 Å². The fourth-order valence-electron chi connectivity index (χ4n) is 2.94. The molecule has 30 heavy (non-hydrogen) atoms. The summed E-state index contributed by atoms with van der Waals surface area (Å²) in [4.78, 5) is 12.9. The molecule has 0 fully saturated rings. The minimum atomic E-state index is -3.85. The van der Waals surface area contributed by atoms with Gasteiger partial charge in [-0.2, -0.15) is 4.31 Å². The minimum absolute atomic E-state index is 0.0881. The van der Waals surface area contributed by atoms with E-state index in [9.17, 15) is 13.2 Å². The quantitative estimate of drug-likeness (QED) is 0.516. The van der Waals surface area contributed by atoms with Crippen molar-refractivity contribution in [1.82, 2.24) is 4.31 Å². The summed E-state index contributed by atoms with van der Waals surface area (Å²) in [6, 6.07) is 21.1. The van der Waals surface area contributed by atoms with Gasteiger partial charge in [-0.3, -0.25) is 4.79 Å². The van der Waals surface area contributed by atoms with Crippen molar-refractivity contribution in [1.29, 1.82) is 0 Å². The Morgan fingerprint density at radius 2 is 1.60 bits per heavy atom. The molecule has 0 bridgehead atoms. The van der Waals surface area contributed by atoms with E-state index in [0.29, 0.717) is 5.69 Å². The van der Waals surface area contributed by atoms with E-state index >= 15 is 0 Å². The Balaban J connectivity index is 1.85. The van der Waals surface area contributed by atoms with Gasteiger partial charge in [0.25, 0.3) is 0 Å². The van der Waals surface area contributed by atoms with Gasteiger partial charge < -0.3 is 5.32 Å². The van der Waals surface area contributed by atoms with Crippen molar-refractivity contribution >= 4 is 37.5 Å². The van der Waals surface area contributed by atoms with Crippen LogP contribution in [0.1, 0.15) is 16.7 Å². The molecule has 1 N–H and O–H groups in total. The van der Waals surface area contributed by atoms with E-state index in [1.807, 2.05) is 56.3 Å². The van der Waals surface area contributed by atoms with Gasteiger partial charge in [0.15, 0.2) is 0 Å². The highest BCUT2D eigenvalue weighted by molar-refractivity contribution is 9.10. The largest absolute Gasteiger partial charge is 0.325 e. The Labute approximate surface area is 185 Å². The Kier molecular flexibility index (Phi) is 7.07. The molecule has 0 aromatic heterocycles. The summed E-state index contributed by atoms with van der Waals surface area (Å²) in [7, 11) is -3.85. The van der Waals surface area contributed by atoms with Crippen LogP contribution in [0.2, 0.25) is 0 Å². The number of carbonyl (C=O) groups excluding carboxylic acids is 1. The number of halogens is 1. The van der Waals surface area contributed by atoms with Crippen LogP contribution in [0, 0.1) is 13.8 Å². The van der Waals surface area contributed by atoms with Gasteiger partial charge in [0.05, 0.1) is 11.4 Å². The molecule has 3 rings (SSSR count). The fraction of sp³-hybridized carbons (Fsp3) is 0.174. The van der Waals surface area contributed by atoms with Crippen molar-refractivity contribution < 1.29 is 13.2 Å². The van der Waals surface area contributed by atoms with Gasteiger partial charge in [-0.25, -0.2) is 8.42 Å². The SMILES string of the molecule is Cc1ccc(NC(=O)CN(Cc2ccc(Br)cc2)S(=O)(=O)c2ccccc2)cc1C. The lowest BCUT2D eigenvalue weighted by Crippen LogP contribution is -2.37. The third-order valence-electron chi connectivity index (χ3n) is 4.76. The van der Waals surface area contributed by atoms with E-state index in [1.165, 1.54) is 16.4 Å². The Morgan fingerprint density at radius 3 is 2.23 bits per heavy atom. The first-order valence-electron chi connectivity index (χ1n) is 9.42. The summed E-state index contributed by atoms with van der Waals surface area (Å²) < 4.78 is 28.5. The smallest absolute Gasteiger partial charge is 0.243 e. The van der Waals surface area contributed by atoms with E-state index < -0.39 is 15.9 Å². The van der Waals surface area contributed by atoms with Crippen molar-refractivity contribution in [3.8, 4) is 0 Å². The van der Waals surface area contributed by atoms with Gasteiger partial charge in [-0.1, -0.05) is 52.3 Å². The lowest BCUT2D eigenvalue weighted by molar-refractivity contribution is -0.116. The summed E-state index contributed by atoms with van der Waals surface area (Å²) in [6.45, 7) is 3.75. The topological polar surface area (TPSA) is 66.5 Å². The van der Waals surface area contributed by atoms with Crippen LogP contribution in [0.5, 0.6) is 0 Å². The van der Waals surface area contributed by atoms with Crippen molar-refractivity contribution in [3.05, 3.63) is 94.0 Å². The van der Waals surface area contributed by atoms with Gasteiger partial charge in [-0.05, 0) is 66.9 Å². The molecule has 0 spiro atoms. The highest BCUT2D eigenvalue weighted by Crippen LogP contribution is 2.20. The van der Waals surface area contributed by atoms with E-state index in [2.05, 4.69) is 21.2 Å². The van der Waals surface area contributed by atoms with Crippen molar-refractivity contribution in [3.63, 3.8) is 0 Å². The van der Waals surface area contributed by atoms with Gasteiger partial charge in [0, 0.05) is 16.7 Å². The van der Waals surface area contributed by atoms with Crippen LogP contribution >= 0.6 is 15.9 Å². The number of carbonyl (C=O) groups is 1. The zero-order valence-corrected chi connectivity index (χ0v) is 19.2. The number of nitrogens with zero attached hydrogens (tertiary/aromatic N) is 1. The highest BCUT2D eigenvalue weighted by Gasteiger charge is 2.27. The number of aryl methyl sites for hydroxylation is 2. The summed E-state index contributed by atoms with van der Waals surface area (Å²) in [5.41, 5.74) is 3.61. The predicted molar refractivity (Wildman–Crippen MR) is 123 cm³/mol. The molecular weight excluding hydrogens is 464 g/mol. The first-order valence-corrected chi connectivity index (χ1v) is 11.7. The van der Waals surface area contributed by atoms with Gasteiger partial charge in [0.2, 0.25) is 15.9 Å². The molecule has 0 atom stereocenters. The normalized spacial score (nSPS) is 11.5. The number of hydrogen-bond donors (Lipinski definition) is 1. The third kappa shape index (κ3) is 5.56. The maximum Gasteiger partial charge on any atom is 0.243 e. The molecule has 3 aromatic carbocycles. The lowest BCUT2D eigenvalue weighted by Gasteiger charge is -2.22. The molecular formula is C23H23BrN2O3S. The van der Waals surface area contributed by atoms with Gasteiger partial charge >= 0.3 is 0 Å². The molecule has 0 aliphatic heterocycles. The molecule has 0 unspecified atom stereocenters. The van der Waals surface area contributed by atoms with Crippen LogP contribution in [0.15, 0.2) is 82.2 Å². The lowest BCUT2D eigenvalue weighted by atomic mass is 10.1. The van der Waals surface area contributed by atoms with Crippen LogP contribution in [0.4, 0.5) is 5.69 Å². The second-order valence-corrected chi connectivity index (χ2v) is 9.91. The summed E-state index contributed by atoms with van der Waals surface area (Å²) in [5.74, 6) is -0.394. The fourth-order valence-corrected chi connectivity index (χ4v) is 4.61. The number of amides is 1. The summed E-state index contributed by atoms with van der Waals surface area (Å²) in [5, 5.41) is 2.81. The molecule has 156 valence electrons. The van der Waals surface area contributed by atoms with Crippen LogP contribution in [-0.2, 0) is 21.4 Å². The average molecular weight is 487 g/mol. The van der Waals surface area contributed by atoms with Gasteiger partial charge in [0.1, 0.15) is 0 Å². The number of benzene rings is 3. The minimum Gasteiger partial charge on any atom is -0.325 e. The number of nitrogens with one attached hydrogen (secondary N) is 1. The molecule has 0 aliphatic carbocycles. The molecule has 0 heterocycles. The molecule has 0 saturated heterocycles. The van der Waals surface area contributed by atoms with Crippen LogP contribution in [0.3, 0.4) is 0 Å². The maximum atomic E-state index is 13.2. The Hall–Kier alpha value is -2.48. The monoisotopic (exact) mass is 486 g/mol. The summed E-state index contributed by atoms with van der Waals surface area (Å²) >= 11 is 3.38. The van der Waals surface area contributed by atoms with Crippen molar-refractivity contribution in [2.24, 2.45) is 0 Å². The van der Waals surface area contributed by atoms with E-state index in [-0.39, 0.29) is 18.0 Å². The number of rotatable bonds is 7. The second-order valence-electron chi connectivity index (χ2n) is 7.06. The van der Waals surface area contributed by atoms with E-state index in [1.54, 1.807) is 18.2 Å². The van der Waals surface area contributed by atoms with Gasteiger partial charge in [-0.15, -0.1) is 0 Å². The van der Waals surface area contributed by atoms with Crippen LogP contribution < -0.4 is 5.32 Å². The van der Waals surface area contributed by atoms with Crippen LogP contribution in [0.25, 0.3) is 0 Å². The third-order valence-corrected chi connectivity index (χ3v) is 7.10. The molecule has 0 saturated carbocycles. The molecule has 3 aromatic rings. The molecule has 1 amide bonds. The Bertz CT molecular complexity index is 1130. The average Bonchev–Trinajstić information content (AvgIpc) is 2.72. The zero-order chi connectivity index (χ0) is 21.7. The first-order chi connectivity index (χ1) is 14.3. The molecule has 0 radical (unpaired) electrons. The van der Waals surface area contributed by atoms with Crippen molar-refractivity contribution in [2.45, 2.75) is 25.3 Å². The zero-order valence-electron chi connectivity index (χ0n) is 16.8. The first kappa shape index (κ1) is 22.2.